The maximum Gasteiger partial charge on any atom is 0.305 e. The second kappa shape index (κ2) is 66.6. The first-order chi connectivity index (χ1) is 38.0. The number of ether oxygens (including phenoxy) is 1. The van der Waals surface area contributed by atoms with E-state index in [0.717, 1.165) is 44.9 Å². The molecule has 0 radical (unpaired) electrons. The number of aliphatic hydroxyl groups excluding tert-OH is 2. The molecule has 0 saturated heterocycles. The Morgan fingerprint density at radius 2 is 0.610 bits per heavy atom. The molecule has 0 saturated carbocycles. The summed E-state index contributed by atoms with van der Waals surface area (Å²) in [6.07, 6.45) is 85.1. The van der Waals surface area contributed by atoms with E-state index in [1.165, 1.54) is 308 Å². The summed E-state index contributed by atoms with van der Waals surface area (Å²) >= 11 is 0. The molecule has 0 heterocycles. The minimum Gasteiger partial charge on any atom is -0.466 e. The smallest absolute Gasteiger partial charge is 0.305 e. The molecule has 3 N–H and O–H groups in total. The molecule has 2 unspecified atom stereocenters. The molecule has 0 rings (SSSR count). The van der Waals surface area contributed by atoms with Crippen molar-refractivity contribution in [2.24, 2.45) is 0 Å². The van der Waals surface area contributed by atoms with Crippen molar-refractivity contribution in [1.82, 2.24) is 5.32 Å². The number of carbonyl (C=O) groups is 2. The van der Waals surface area contributed by atoms with Gasteiger partial charge in [-0.15, -0.1) is 0 Å². The van der Waals surface area contributed by atoms with E-state index in [2.05, 4.69) is 43.5 Å². The third-order valence-electron chi connectivity index (χ3n) is 16.1. The maximum absolute atomic E-state index is 12.5. The summed E-state index contributed by atoms with van der Waals surface area (Å²) in [5.41, 5.74) is 0. The van der Waals surface area contributed by atoms with E-state index in [1.54, 1.807) is 6.08 Å². The highest BCUT2D eigenvalue weighted by molar-refractivity contribution is 5.76. The number of nitrogens with one attached hydrogen (secondary N) is 1. The van der Waals surface area contributed by atoms with Crippen molar-refractivity contribution in [3.05, 3.63) is 36.5 Å². The third kappa shape index (κ3) is 63.1. The molecule has 6 nitrogen and oxygen atoms in total. The number of esters is 1. The molecule has 1 amide bonds. The van der Waals surface area contributed by atoms with Gasteiger partial charge in [0.2, 0.25) is 5.91 Å². The van der Waals surface area contributed by atoms with Crippen LogP contribution in [0.1, 0.15) is 380 Å². The molecule has 6 heteroatoms. The van der Waals surface area contributed by atoms with Gasteiger partial charge < -0.3 is 20.3 Å². The van der Waals surface area contributed by atoms with Crippen molar-refractivity contribution in [3.8, 4) is 0 Å². The highest BCUT2D eigenvalue weighted by atomic mass is 16.5. The lowest BCUT2D eigenvalue weighted by atomic mass is 10.0. The summed E-state index contributed by atoms with van der Waals surface area (Å²) in [4.78, 5) is 24.5. The van der Waals surface area contributed by atoms with Crippen molar-refractivity contribution in [3.63, 3.8) is 0 Å². The monoisotopic (exact) mass is 1080 g/mol. The summed E-state index contributed by atoms with van der Waals surface area (Å²) in [5.74, 6) is -0.0542. The predicted molar refractivity (Wildman–Crippen MR) is 338 cm³/mol. The Kier molecular flexibility index (Phi) is 64.9. The summed E-state index contributed by atoms with van der Waals surface area (Å²) in [7, 11) is 0. The van der Waals surface area contributed by atoms with Crippen LogP contribution in [-0.2, 0) is 14.3 Å². The number of aliphatic hydroxyl groups is 2. The highest BCUT2D eigenvalue weighted by Crippen LogP contribution is 2.18. The zero-order valence-electron chi connectivity index (χ0n) is 52.0. The SMILES string of the molecule is CCCCCCC/C=C\CCCCCCCC(=O)OCCCCCCCCCCCCCC/C=C\CCCCCCCCCCCCCCCCCCC(=O)NC(CO)C(O)/C=C/CCCCCCCCCCCCCC. The average molecular weight is 1080 g/mol. The molecule has 0 spiro atoms. The van der Waals surface area contributed by atoms with Gasteiger partial charge in [0.15, 0.2) is 0 Å². The minimum atomic E-state index is -0.842. The van der Waals surface area contributed by atoms with Crippen LogP contribution in [0, 0.1) is 0 Å². The molecule has 0 bridgehead atoms. The number of allylic oxidation sites excluding steroid dienone is 5. The van der Waals surface area contributed by atoms with Gasteiger partial charge in [0.05, 0.1) is 25.4 Å². The van der Waals surface area contributed by atoms with Crippen LogP contribution < -0.4 is 5.32 Å². The van der Waals surface area contributed by atoms with Crippen LogP contribution in [0.4, 0.5) is 0 Å². The Labute approximate surface area is 481 Å². The Morgan fingerprint density at radius 3 is 0.922 bits per heavy atom. The molecule has 0 aromatic carbocycles. The summed E-state index contributed by atoms with van der Waals surface area (Å²) in [6, 6.07) is -0.625. The fraction of sp³-hybridized carbons (Fsp3) is 0.887. The normalized spacial score (nSPS) is 12.7. The van der Waals surface area contributed by atoms with Gasteiger partial charge in [-0.1, -0.05) is 320 Å². The van der Waals surface area contributed by atoms with E-state index in [9.17, 15) is 19.8 Å². The lowest BCUT2D eigenvalue weighted by molar-refractivity contribution is -0.143. The maximum atomic E-state index is 12.5. The highest BCUT2D eigenvalue weighted by Gasteiger charge is 2.18. The van der Waals surface area contributed by atoms with Gasteiger partial charge in [0.25, 0.3) is 0 Å². The van der Waals surface area contributed by atoms with Crippen LogP contribution in [0.25, 0.3) is 0 Å². The standard InChI is InChI=1S/C71H135NO5/c1-3-5-7-9-11-13-15-17-39-43-47-51-55-59-63-69(74)68(67-73)72-70(75)64-60-56-52-48-44-40-37-35-33-31-29-27-25-23-21-19-20-22-24-26-28-30-32-34-36-38-42-46-50-54-58-62-66-77-71(76)65-61-57-53-49-45-41-18-16-14-12-10-8-6-4-2/h16,18,22,24,59,63,68-69,73-74H,3-15,17,19-21,23,25-58,60-62,64-67H2,1-2H3,(H,72,75)/b18-16-,24-22-,63-59+. The Bertz CT molecular complexity index is 1250. The molecule has 0 aliphatic heterocycles. The van der Waals surface area contributed by atoms with Crippen LogP contribution >= 0.6 is 0 Å². The molecule has 0 aromatic heterocycles. The fourth-order valence-corrected chi connectivity index (χ4v) is 10.8. The van der Waals surface area contributed by atoms with Crippen LogP contribution in [0.5, 0.6) is 0 Å². The Morgan fingerprint density at radius 1 is 0.351 bits per heavy atom. The Hall–Kier alpha value is -1.92. The van der Waals surface area contributed by atoms with Crippen molar-refractivity contribution >= 4 is 11.9 Å². The third-order valence-corrected chi connectivity index (χ3v) is 16.1. The van der Waals surface area contributed by atoms with Crippen molar-refractivity contribution in [2.45, 2.75) is 392 Å². The summed E-state index contributed by atoms with van der Waals surface area (Å²) < 4.78 is 5.48. The lowest BCUT2D eigenvalue weighted by Crippen LogP contribution is -2.45. The van der Waals surface area contributed by atoms with E-state index >= 15 is 0 Å². The van der Waals surface area contributed by atoms with E-state index in [0.29, 0.717) is 19.4 Å². The van der Waals surface area contributed by atoms with Gasteiger partial charge in [-0.25, -0.2) is 0 Å². The molecule has 454 valence electrons. The van der Waals surface area contributed by atoms with E-state index in [4.69, 9.17) is 4.74 Å². The van der Waals surface area contributed by atoms with E-state index in [1.807, 2.05) is 6.08 Å². The first-order valence-electron chi connectivity index (χ1n) is 34.8. The first-order valence-corrected chi connectivity index (χ1v) is 34.8. The zero-order valence-corrected chi connectivity index (χ0v) is 52.0. The van der Waals surface area contributed by atoms with Gasteiger partial charge >= 0.3 is 5.97 Å². The lowest BCUT2D eigenvalue weighted by Gasteiger charge is -2.20. The van der Waals surface area contributed by atoms with Gasteiger partial charge in [-0.05, 0) is 83.5 Å². The topological polar surface area (TPSA) is 95.9 Å². The number of hydrogen-bond acceptors (Lipinski definition) is 5. The molecule has 0 aromatic rings. The van der Waals surface area contributed by atoms with E-state index in [-0.39, 0.29) is 18.5 Å². The zero-order chi connectivity index (χ0) is 55.7. The van der Waals surface area contributed by atoms with Gasteiger partial charge in [0.1, 0.15) is 0 Å². The number of unbranched alkanes of at least 4 members (excludes halogenated alkanes) is 50. The summed E-state index contributed by atoms with van der Waals surface area (Å²) in [5, 5.41) is 23.1. The first kappa shape index (κ1) is 75.1. The molecule has 77 heavy (non-hydrogen) atoms. The van der Waals surface area contributed by atoms with Gasteiger partial charge in [0, 0.05) is 12.8 Å². The number of amides is 1. The molecule has 2 atom stereocenters. The number of carbonyl (C=O) groups excluding carboxylic acids is 2. The largest absolute Gasteiger partial charge is 0.466 e. The van der Waals surface area contributed by atoms with Crippen LogP contribution in [0.2, 0.25) is 0 Å². The van der Waals surface area contributed by atoms with Crippen LogP contribution in [-0.4, -0.2) is 47.4 Å². The summed E-state index contributed by atoms with van der Waals surface area (Å²) in [6.45, 7) is 4.91. The molecular weight excluding hydrogens is 947 g/mol. The Balaban J connectivity index is 3.36. The van der Waals surface area contributed by atoms with Crippen molar-refractivity contribution in [1.29, 1.82) is 0 Å². The van der Waals surface area contributed by atoms with Crippen LogP contribution in [0.3, 0.4) is 0 Å². The number of rotatable bonds is 65. The average Bonchev–Trinajstić information content (AvgIpc) is 3.43. The fourth-order valence-electron chi connectivity index (χ4n) is 10.8. The quantitative estimate of drug-likeness (QED) is 0.0320. The van der Waals surface area contributed by atoms with E-state index < -0.39 is 12.1 Å². The minimum absolute atomic E-state index is 0.00958. The second-order valence-electron chi connectivity index (χ2n) is 23.9. The van der Waals surface area contributed by atoms with Crippen LogP contribution in [0.15, 0.2) is 36.5 Å². The molecule has 0 aliphatic carbocycles. The number of hydrogen-bond donors (Lipinski definition) is 3. The molecule has 0 aliphatic rings. The molecule has 0 fully saturated rings. The van der Waals surface area contributed by atoms with Gasteiger partial charge in [-0.2, -0.15) is 0 Å². The predicted octanol–water partition coefficient (Wildman–Crippen LogP) is 22.3. The van der Waals surface area contributed by atoms with Crippen molar-refractivity contribution in [2.75, 3.05) is 13.2 Å². The van der Waals surface area contributed by atoms with Crippen molar-refractivity contribution < 1.29 is 24.5 Å². The van der Waals surface area contributed by atoms with Gasteiger partial charge in [-0.3, -0.25) is 9.59 Å². The second-order valence-corrected chi connectivity index (χ2v) is 23.9. The molecular formula is C71H135NO5.